The lowest BCUT2D eigenvalue weighted by Crippen LogP contribution is -2.06. The molecule has 0 aliphatic rings. The van der Waals surface area contributed by atoms with Crippen molar-refractivity contribution in [1.82, 2.24) is 4.98 Å². The van der Waals surface area contributed by atoms with E-state index in [1.54, 1.807) is 6.20 Å². The van der Waals surface area contributed by atoms with E-state index in [9.17, 15) is 0 Å². The van der Waals surface area contributed by atoms with Crippen LogP contribution in [0, 0.1) is 0 Å². The van der Waals surface area contributed by atoms with Crippen LogP contribution in [0.5, 0.6) is 11.5 Å². The number of benzene rings is 1. The molecule has 0 bridgehead atoms. The van der Waals surface area contributed by atoms with Crippen molar-refractivity contribution in [1.29, 1.82) is 0 Å². The van der Waals surface area contributed by atoms with Crippen LogP contribution in [0.1, 0.15) is 44.0 Å². The topological polar surface area (TPSA) is 48.1 Å². The zero-order valence-corrected chi connectivity index (χ0v) is 12.2. The molecule has 3 heteroatoms. The lowest BCUT2D eigenvalue weighted by molar-refractivity contribution is 0.479. The quantitative estimate of drug-likeness (QED) is 0.854. The van der Waals surface area contributed by atoms with Gasteiger partial charge in [-0.3, -0.25) is 4.98 Å². The van der Waals surface area contributed by atoms with Crippen LogP contribution in [0.3, 0.4) is 0 Å². The molecule has 0 saturated carbocycles. The smallest absolute Gasteiger partial charge is 0.145 e. The summed E-state index contributed by atoms with van der Waals surface area (Å²) in [6.45, 7) is 4.12. The minimum atomic E-state index is -0.0538. The van der Waals surface area contributed by atoms with E-state index in [2.05, 4.69) is 24.0 Å². The third-order valence-corrected chi connectivity index (χ3v) is 3.20. The summed E-state index contributed by atoms with van der Waals surface area (Å²) in [5.74, 6) is 1.57. The molecule has 106 valence electrons. The van der Waals surface area contributed by atoms with Crippen LogP contribution in [-0.4, -0.2) is 4.98 Å². The van der Waals surface area contributed by atoms with Gasteiger partial charge in [0.05, 0.1) is 11.9 Å². The highest BCUT2D eigenvalue weighted by Crippen LogP contribution is 2.22. The number of rotatable bonds is 6. The first-order valence-electron chi connectivity index (χ1n) is 7.17. The fourth-order valence-electron chi connectivity index (χ4n) is 1.96. The van der Waals surface area contributed by atoms with Crippen molar-refractivity contribution in [2.45, 2.75) is 39.2 Å². The lowest BCUT2D eigenvalue weighted by atomic mass is 10.1. The van der Waals surface area contributed by atoms with Crippen LogP contribution in [0.2, 0.25) is 0 Å². The summed E-state index contributed by atoms with van der Waals surface area (Å²) in [4.78, 5) is 4.28. The maximum Gasteiger partial charge on any atom is 0.145 e. The van der Waals surface area contributed by atoms with Gasteiger partial charge in [-0.2, -0.15) is 0 Å². The summed E-state index contributed by atoms with van der Waals surface area (Å²) in [5, 5.41) is 0. The van der Waals surface area contributed by atoms with E-state index in [4.69, 9.17) is 10.5 Å². The summed E-state index contributed by atoms with van der Waals surface area (Å²) in [7, 11) is 0. The van der Waals surface area contributed by atoms with Crippen molar-refractivity contribution in [3.05, 3.63) is 53.9 Å². The minimum Gasteiger partial charge on any atom is -0.456 e. The lowest BCUT2D eigenvalue weighted by Gasteiger charge is -2.08. The Bertz CT molecular complexity index is 518. The van der Waals surface area contributed by atoms with Gasteiger partial charge in [0.15, 0.2) is 0 Å². The number of ether oxygens (including phenoxy) is 1. The highest BCUT2D eigenvalue weighted by Gasteiger charge is 2.02. The third kappa shape index (κ3) is 4.07. The van der Waals surface area contributed by atoms with Crippen LogP contribution < -0.4 is 10.5 Å². The molecular weight excluding hydrogens is 248 g/mol. The Morgan fingerprint density at radius 3 is 2.35 bits per heavy atom. The summed E-state index contributed by atoms with van der Waals surface area (Å²) < 4.78 is 5.77. The molecule has 0 aliphatic carbocycles. The van der Waals surface area contributed by atoms with Gasteiger partial charge in [-0.25, -0.2) is 0 Å². The summed E-state index contributed by atoms with van der Waals surface area (Å²) in [6.07, 6.45) is 5.28. The maximum atomic E-state index is 5.77. The standard InChI is InChI=1S/C17H22N2O/c1-3-4-5-14-6-8-15(9-7-14)20-16-10-11-17(13(2)18)19-12-16/h6-13H,3-5,18H2,1-2H3/t13-/m0/s1. The van der Waals surface area contributed by atoms with E-state index in [1.807, 2.05) is 31.2 Å². The number of hydrogen-bond acceptors (Lipinski definition) is 3. The Kier molecular flexibility index (Phi) is 5.13. The molecule has 0 aliphatic heterocycles. The first-order chi connectivity index (χ1) is 9.69. The third-order valence-electron chi connectivity index (χ3n) is 3.20. The van der Waals surface area contributed by atoms with Gasteiger partial charge in [-0.05, 0) is 49.6 Å². The normalized spacial score (nSPS) is 12.2. The molecule has 3 nitrogen and oxygen atoms in total. The SMILES string of the molecule is CCCCc1ccc(Oc2ccc([C@H](C)N)nc2)cc1. The van der Waals surface area contributed by atoms with Crippen molar-refractivity contribution in [2.75, 3.05) is 0 Å². The molecular formula is C17H22N2O. The molecule has 2 aromatic rings. The highest BCUT2D eigenvalue weighted by molar-refractivity contribution is 5.32. The molecule has 1 atom stereocenters. The van der Waals surface area contributed by atoms with Crippen LogP contribution in [0.4, 0.5) is 0 Å². The average molecular weight is 270 g/mol. The van der Waals surface area contributed by atoms with Crippen molar-refractivity contribution in [2.24, 2.45) is 5.73 Å². The Balaban J connectivity index is 1.98. The van der Waals surface area contributed by atoms with E-state index in [-0.39, 0.29) is 6.04 Å². The van der Waals surface area contributed by atoms with Gasteiger partial charge in [0, 0.05) is 6.04 Å². The Morgan fingerprint density at radius 2 is 1.80 bits per heavy atom. The van der Waals surface area contributed by atoms with Crippen molar-refractivity contribution < 1.29 is 4.74 Å². The number of pyridine rings is 1. The van der Waals surface area contributed by atoms with Gasteiger partial charge in [0.2, 0.25) is 0 Å². The van der Waals surface area contributed by atoms with Crippen molar-refractivity contribution >= 4 is 0 Å². The summed E-state index contributed by atoms with van der Waals surface area (Å²) >= 11 is 0. The molecule has 20 heavy (non-hydrogen) atoms. The zero-order chi connectivity index (χ0) is 14.4. The molecule has 0 amide bonds. The first-order valence-corrected chi connectivity index (χ1v) is 7.17. The summed E-state index contributed by atoms with van der Waals surface area (Å²) in [5.41, 5.74) is 7.99. The Labute approximate surface area is 120 Å². The largest absolute Gasteiger partial charge is 0.456 e. The van der Waals surface area contributed by atoms with Gasteiger partial charge < -0.3 is 10.5 Å². The number of aryl methyl sites for hydroxylation is 1. The second-order valence-corrected chi connectivity index (χ2v) is 5.06. The first kappa shape index (κ1) is 14.5. The molecule has 0 fully saturated rings. The molecule has 0 unspecified atom stereocenters. The zero-order valence-electron chi connectivity index (χ0n) is 12.2. The van der Waals surface area contributed by atoms with Crippen LogP contribution in [0.15, 0.2) is 42.6 Å². The number of unbranched alkanes of at least 4 members (excludes halogenated alkanes) is 1. The minimum absolute atomic E-state index is 0.0538. The van der Waals surface area contributed by atoms with Gasteiger partial charge in [-0.1, -0.05) is 25.5 Å². The monoisotopic (exact) mass is 270 g/mol. The van der Waals surface area contributed by atoms with E-state index < -0.39 is 0 Å². The van der Waals surface area contributed by atoms with E-state index in [0.29, 0.717) is 0 Å². The van der Waals surface area contributed by atoms with Crippen LogP contribution in [0.25, 0.3) is 0 Å². The molecule has 0 spiro atoms. The molecule has 1 aromatic heterocycles. The number of aromatic nitrogens is 1. The van der Waals surface area contributed by atoms with E-state index >= 15 is 0 Å². The molecule has 0 saturated heterocycles. The van der Waals surface area contributed by atoms with Gasteiger partial charge in [-0.15, -0.1) is 0 Å². The predicted molar refractivity (Wildman–Crippen MR) is 82.0 cm³/mol. The predicted octanol–water partition coefficient (Wildman–Crippen LogP) is 4.24. The molecule has 0 radical (unpaired) electrons. The average Bonchev–Trinajstić information content (AvgIpc) is 2.47. The Hall–Kier alpha value is -1.87. The highest BCUT2D eigenvalue weighted by atomic mass is 16.5. The number of hydrogen-bond donors (Lipinski definition) is 1. The molecule has 1 heterocycles. The maximum absolute atomic E-state index is 5.77. The van der Waals surface area contributed by atoms with Crippen molar-refractivity contribution in [3.63, 3.8) is 0 Å². The van der Waals surface area contributed by atoms with E-state index in [1.165, 1.54) is 18.4 Å². The second-order valence-electron chi connectivity index (χ2n) is 5.06. The fraction of sp³-hybridized carbons (Fsp3) is 0.353. The Morgan fingerprint density at radius 1 is 1.10 bits per heavy atom. The molecule has 1 aromatic carbocycles. The van der Waals surface area contributed by atoms with E-state index in [0.717, 1.165) is 23.6 Å². The summed E-state index contributed by atoms with van der Waals surface area (Å²) in [6, 6.07) is 12.0. The number of nitrogens with zero attached hydrogens (tertiary/aromatic N) is 1. The van der Waals surface area contributed by atoms with Crippen molar-refractivity contribution in [3.8, 4) is 11.5 Å². The van der Waals surface area contributed by atoms with Gasteiger partial charge >= 0.3 is 0 Å². The fourth-order valence-corrected chi connectivity index (χ4v) is 1.96. The molecule has 2 N–H and O–H groups in total. The van der Waals surface area contributed by atoms with Crippen LogP contribution in [-0.2, 0) is 6.42 Å². The molecule has 2 rings (SSSR count). The van der Waals surface area contributed by atoms with Crippen LogP contribution >= 0.6 is 0 Å². The second kappa shape index (κ2) is 7.06. The van der Waals surface area contributed by atoms with Gasteiger partial charge in [0.25, 0.3) is 0 Å². The van der Waals surface area contributed by atoms with Gasteiger partial charge in [0.1, 0.15) is 11.5 Å². The number of nitrogens with two attached hydrogens (primary N) is 1.